The summed E-state index contributed by atoms with van der Waals surface area (Å²) in [5.74, 6) is 2.65. The van der Waals surface area contributed by atoms with Crippen LogP contribution in [0.25, 0.3) is 0 Å². The molecule has 1 heteroatoms. The van der Waals surface area contributed by atoms with Crippen LogP contribution < -0.4 is 0 Å². The van der Waals surface area contributed by atoms with Crippen LogP contribution >= 0.6 is 0 Å². The number of hydrogen-bond donors (Lipinski definition) is 0. The molecule has 0 aliphatic carbocycles. The maximum absolute atomic E-state index is 5.41. The van der Waals surface area contributed by atoms with E-state index < -0.39 is 0 Å². The van der Waals surface area contributed by atoms with E-state index in [2.05, 4.69) is 49.5 Å². The minimum absolute atomic E-state index is 0.513. The zero-order valence-corrected chi connectivity index (χ0v) is 11.3. The first-order chi connectivity index (χ1) is 8.62. The van der Waals surface area contributed by atoms with Crippen molar-refractivity contribution < 1.29 is 0 Å². The Labute approximate surface area is 110 Å². The molecule has 0 saturated carbocycles. The molecule has 0 N–H and O–H groups in total. The molecule has 92 valence electrons. The van der Waals surface area contributed by atoms with Gasteiger partial charge in [-0.1, -0.05) is 30.9 Å². The van der Waals surface area contributed by atoms with E-state index in [0.717, 1.165) is 22.5 Å². The molecule has 0 aliphatic rings. The predicted octanol–water partition coefficient (Wildman–Crippen LogP) is 4.53. The number of hydrogen-bond acceptors (Lipinski definition) is 1. The maximum atomic E-state index is 5.41. The summed E-state index contributed by atoms with van der Waals surface area (Å²) in [5, 5.41) is 0. The number of aryl methyl sites for hydroxylation is 2. The minimum Gasteiger partial charge on any atom is -0.252 e. The molecule has 0 radical (unpaired) electrons. The van der Waals surface area contributed by atoms with Crippen molar-refractivity contribution in [2.45, 2.75) is 27.2 Å². The molecule has 0 fully saturated rings. The lowest BCUT2D eigenvalue weighted by Gasteiger charge is -2.07. The molecule has 0 spiro atoms. The monoisotopic (exact) mass is 237 g/mol. The summed E-state index contributed by atoms with van der Waals surface area (Å²) in [6, 6.07) is 6.23. The summed E-state index contributed by atoms with van der Waals surface area (Å²) in [4.78, 5) is 4.69. The Hall–Kier alpha value is -2.07. The van der Waals surface area contributed by atoms with Gasteiger partial charge in [-0.15, -0.1) is 12.3 Å². The highest BCUT2D eigenvalue weighted by Gasteiger charge is 2.04. The Bertz CT molecular complexity index is 539. The summed E-state index contributed by atoms with van der Waals surface area (Å²) in [5.41, 5.74) is 5.20. The molecular formula is C17H19N. The van der Waals surface area contributed by atoms with Crippen LogP contribution in [0, 0.1) is 26.2 Å². The molecule has 1 aromatic rings. The number of rotatable bonds is 4. The van der Waals surface area contributed by atoms with E-state index in [9.17, 15) is 0 Å². The fraction of sp³-hybridized carbons (Fsp3) is 0.235. The van der Waals surface area contributed by atoms with Crippen molar-refractivity contribution >= 4 is 11.4 Å². The van der Waals surface area contributed by atoms with Gasteiger partial charge in [-0.2, -0.15) is 0 Å². The van der Waals surface area contributed by atoms with Gasteiger partial charge >= 0.3 is 0 Å². The van der Waals surface area contributed by atoms with Crippen LogP contribution in [-0.2, 0) is 0 Å². The Morgan fingerprint density at radius 1 is 1.44 bits per heavy atom. The molecule has 0 heterocycles. The van der Waals surface area contributed by atoms with Crippen molar-refractivity contribution in [3.05, 3.63) is 53.6 Å². The molecule has 0 atom stereocenters. The van der Waals surface area contributed by atoms with Crippen molar-refractivity contribution in [2.24, 2.45) is 4.99 Å². The molecule has 18 heavy (non-hydrogen) atoms. The fourth-order valence-corrected chi connectivity index (χ4v) is 1.69. The van der Waals surface area contributed by atoms with Crippen molar-refractivity contribution in [3.8, 4) is 12.3 Å². The Kier molecular flexibility index (Phi) is 5.14. The van der Waals surface area contributed by atoms with E-state index in [-0.39, 0.29) is 0 Å². The fourth-order valence-electron chi connectivity index (χ4n) is 1.69. The second-order valence-corrected chi connectivity index (χ2v) is 4.18. The standard InChI is InChI=1S/C17H19N/c1-6-9-16(15(7-2)8-3)18-17-12-13(4)10-11-14(17)5/h1,7-8,10-12H,2,9H2,3-5H3/b15-8+,18-16?. The summed E-state index contributed by atoms with van der Waals surface area (Å²) in [6.07, 6.45) is 9.69. The number of allylic oxidation sites excluding steroid dienone is 3. The summed E-state index contributed by atoms with van der Waals surface area (Å²) in [7, 11) is 0. The van der Waals surface area contributed by atoms with E-state index in [0.29, 0.717) is 6.42 Å². The van der Waals surface area contributed by atoms with Gasteiger partial charge < -0.3 is 0 Å². The minimum atomic E-state index is 0.513. The third-order valence-electron chi connectivity index (χ3n) is 2.75. The van der Waals surface area contributed by atoms with Gasteiger partial charge in [-0.25, -0.2) is 0 Å². The van der Waals surface area contributed by atoms with Crippen LogP contribution in [0.5, 0.6) is 0 Å². The van der Waals surface area contributed by atoms with Crippen LogP contribution in [0.4, 0.5) is 5.69 Å². The van der Waals surface area contributed by atoms with Crippen LogP contribution in [0.3, 0.4) is 0 Å². The zero-order valence-electron chi connectivity index (χ0n) is 11.3. The lowest BCUT2D eigenvalue weighted by Crippen LogP contribution is -1.99. The Morgan fingerprint density at radius 2 is 2.17 bits per heavy atom. The summed E-state index contributed by atoms with van der Waals surface area (Å²) < 4.78 is 0. The first-order valence-electron chi connectivity index (χ1n) is 5.99. The van der Waals surface area contributed by atoms with Crippen LogP contribution in [-0.4, -0.2) is 5.71 Å². The first-order valence-corrected chi connectivity index (χ1v) is 5.99. The maximum Gasteiger partial charge on any atom is 0.0665 e. The number of nitrogens with zero attached hydrogens (tertiary/aromatic N) is 1. The van der Waals surface area contributed by atoms with E-state index >= 15 is 0 Å². The number of aliphatic imine (C=N–C) groups is 1. The van der Waals surface area contributed by atoms with Crippen LogP contribution in [0.2, 0.25) is 0 Å². The average Bonchev–Trinajstić information content (AvgIpc) is 2.35. The van der Waals surface area contributed by atoms with Crippen LogP contribution in [0.1, 0.15) is 24.5 Å². The van der Waals surface area contributed by atoms with E-state index in [1.165, 1.54) is 5.56 Å². The van der Waals surface area contributed by atoms with Crippen molar-refractivity contribution in [2.75, 3.05) is 0 Å². The Morgan fingerprint density at radius 3 is 2.72 bits per heavy atom. The quantitative estimate of drug-likeness (QED) is 0.414. The first kappa shape index (κ1) is 14.0. The molecule has 0 aliphatic heterocycles. The Balaban J connectivity index is 3.28. The molecule has 1 aromatic carbocycles. The van der Waals surface area contributed by atoms with Gasteiger partial charge in [0.25, 0.3) is 0 Å². The molecule has 0 amide bonds. The third-order valence-corrected chi connectivity index (χ3v) is 2.75. The van der Waals surface area contributed by atoms with E-state index in [1.807, 2.05) is 13.0 Å². The third kappa shape index (κ3) is 3.46. The van der Waals surface area contributed by atoms with Crippen LogP contribution in [0.15, 0.2) is 47.5 Å². The predicted molar refractivity (Wildman–Crippen MR) is 80.4 cm³/mol. The second kappa shape index (κ2) is 6.61. The molecular weight excluding hydrogens is 218 g/mol. The van der Waals surface area contributed by atoms with Gasteiger partial charge in [0.1, 0.15) is 0 Å². The zero-order chi connectivity index (χ0) is 13.5. The topological polar surface area (TPSA) is 12.4 Å². The highest BCUT2D eigenvalue weighted by atomic mass is 14.8. The largest absolute Gasteiger partial charge is 0.252 e. The average molecular weight is 237 g/mol. The summed E-state index contributed by atoms with van der Waals surface area (Å²) >= 11 is 0. The highest BCUT2D eigenvalue weighted by Crippen LogP contribution is 2.22. The highest BCUT2D eigenvalue weighted by molar-refractivity contribution is 6.05. The van der Waals surface area contributed by atoms with Gasteiger partial charge in [0.2, 0.25) is 0 Å². The number of benzene rings is 1. The smallest absolute Gasteiger partial charge is 0.0665 e. The van der Waals surface area contributed by atoms with Gasteiger partial charge in [-0.05, 0) is 43.5 Å². The van der Waals surface area contributed by atoms with Crippen molar-refractivity contribution in [1.29, 1.82) is 0 Å². The number of terminal acetylenes is 1. The van der Waals surface area contributed by atoms with Gasteiger partial charge in [-0.3, -0.25) is 4.99 Å². The van der Waals surface area contributed by atoms with Crippen molar-refractivity contribution in [1.82, 2.24) is 0 Å². The van der Waals surface area contributed by atoms with Crippen molar-refractivity contribution in [3.63, 3.8) is 0 Å². The molecule has 0 bridgehead atoms. The van der Waals surface area contributed by atoms with Gasteiger partial charge in [0.15, 0.2) is 0 Å². The SMILES string of the molecule is C#CCC(=Nc1cc(C)ccc1C)/C(C=C)=C/C. The molecule has 1 nitrogen and oxygen atoms in total. The second-order valence-electron chi connectivity index (χ2n) is 4.18. The lowest BCUT2D eigenvalue weighted by molar-refractivity contribution is 1.33. The molecule has 0 saturated heterocycles. The molecule has 1 rings (SSSR count). The molecule has 0 aromatic heterocycles. The lowest BCUT2D eigenvalue weighted by atomic mass is 10.1. The normalized spacial score (nSPS) is 12.1. The van der Waals surface area contributed by atoms with E-state index in [4.69, 9.17) is 6.42 Å². The van der Waals surface area contributed by atoms with Gasteiger partial charge in [0, 0.05) is 0 Å². The van der Waals surface area contributed by atoms with E-state index in [1.54, 1.807) is 6.08 Å². The summed E-state index contributed by atoms with van der Waals surface area (Å²) in [6.45, 7) is 9.87. The molecule has 0 unspecified atom stereocenters. The van der Waals surface area contributed by atoms with Gasteiger partial charge in [0.05, 0.1) is 17.8 Å².